The van der Waals surface area contributed by atoms with Gasteiger partial charge in [0.25, 0.3) is 5.78 Å². The Morgan fingerprint density at radius 1 is 1.00 bits per heavy atom. The summed E-state index contributed by atoms with van der Waals surface area (Å²) in [6, 6.07) is 14.5. The zero-order valence-corrected chi connectivity index (χ0v) is 23.2. The van der Waals surface area contributed by atoms with Gasteiger partial charge in [-0.25, -0.2) is 4.98 Å². The molecule has 5 rings (SSSR count). The van der Waals surface area contributed by atoms with Gasteiger partial charge in [-0.2, -0.15) is 0 Å². The summed E-state index contributed by atoms with van der Waals surface area (Å²) in [4.78, 5) is 33.2. The summed E-state index contributed by atoms with van der Waals surface area (Å²) >= 11 is 7.34. The van der Waals surface area contributed by atoms with E-state index in [1.807, 2.05) is 18.2 Å². The van der Waals surface area contributed by atoms with Gasteiger partial charge >= 0.3 is 5.91 Å². The topological polar surface area (TPSA) is 98.2 Å². The molecule has 1 aliphatic rings. The van der Waals surface area contributed by atoms with E-state index in [-0.39, 0.29) is 11.3 Å². The van der Waals surface area contributed by atoms with E-state index in [0.29, 0.717) is 44.0 Å². The third kappa shape index (κ3) is 4.57. The van der Waals surface area contributed by atoms with Crippen molar-refractivity contribution in [3.05, 3.63) is 81.9 Å². The molecule has 1 atom stereocenters. The number of nitrogens with zero attached hydrogens (tertiary/aromatic N) is 2. The molecule has 1 fully saturated rings. The molecule has 0 aliphatic carbocycles. The van der Waals surface area contributed by atoms with E-state index in [1.165, 1.54) is 37.6 Å². The monoisotopic (exact) mass is 564 g/mol. The molecule has 200 valence electrons. The molecule has 1 unspecified atom stereocenters. The Hall–Kier alpha value is -4.08. The summed E-state index contributed by atoms with van der Waals surface area (Å²) < 4.78 is 17.4. The van der Waals surface area contributed by atoms with Gasteiger partial charge in [0.15, 0.2) is 16.6 Å². The van der Waals surface area contributed by atoms with Crippen LogP contribution in [-0.4, -0.2) is 43.1 Å². The van der Waals surface area contributed by atoms with Gasteiger partial charge in [-0.05, 0) is 66.1 Å². The number of hydrogen-bond donors (Lipinski definition) is 1. The molecule has 1 amide bonds. The summed E-state index contributed by atoms with van der Waals surface area (Å²) in [5, 5.41) is 12.2. The van der Waals surface area contributed by atoms with Crippen molar-refractivity contribution in [2.45, 2.75) is 19.4 Å². The van der Waals surface area contributed by atoms with Crippen LogP contribution in [-0.2, 0) is 16.0 Å². The molecule has 1 aliphatic heterocycles. The predicted molar refractivity (Wildman–Crippen MR) is 151 cm³/mol. The minimum absolute atomic E-state index is 0.0925. The number of hydrogen-bond acceptors (Lipinski definition) is 8. The highest BCUT2D eigenvalue weighted by atomic mass is 35.5. The Labute approximate surface area is 234 Å². The third-order valence-electron chi connectivity index (χ3n) is 6.62. The summed E-state index contributed by atoms with van der Waals surface area (Å²) in [6.07, 6.45) is 0.847. The van der Waals surface area contributed by atoms with Crippen LogP contribution in [0.4, 0.5) is 5.13 Å². The molecule has 0 spiro atoms. The van der Waals surface area contributed by atoms with E-state index in [9.17, 15) is 14.7 Å². The highest BCUT2D eigenvalue weighted by Gasteiger charge is 2.48. The van der Waals surface area contributed by atoms with Crippen molar-refractivity contribution < 1.29 is 28.9 Å². The van der Waals surface area contributed by atoms with Crippen LogP contribution in [0.1, 0.15) is 29.7 Å². The second-order valence-corrected chi connectivity index (χ2v) is 10.2. The fraction of sp³-hybridized carbons (Fsp3) is 0.207. The standard InChI is InChI=1S/C29H25ClN2O6S/c1-5-15-6-11-19-22(12-15)39-29(31-19)32-24(17-13-20(36-2)27(38-4)21(14-17)37-3)23(26(34)28(32)35)25(33)16-7-9-18(30)10-8-16/h6-14,24,33H,5H2,1-4H3/b25-23+. The van der Waals surface area contributed by atoms with E-state index < -0.39 is 17.7 Å². The lowest BCUT2D eigenvalue weighted by molar-refractivity contribution is -0.132. The molecule has 2 heterocycles. The number of amides is 1. The Bertz CT molecular complexity index is 1600. The maximum atomic E-state index is 13.6. The molecule has 4 aromatic rings. The van der Waals surface area contributed by atoms with Crippen molar-refractivity contribution in [3.63, 3.8) is 0 Å². The largest absolute Gasteiger partial charge is 0.507 e. The molecule has 1 N–H and O–H groups in total. The Kier molecular flexibility index (Phi) is 7.20. The highest BCUT2D eigenvalue weighted by molar-refractivity contribution is 7.22. The van der Waals surface area contributed by atoms with Crippen LogP contribution in [0.25, 0.3) is 16.0 Å². The molecule has 39 heavy (non-hydrogen) atoms. The first-order valence-corrected chi connectivity index (χ1v) is 13.3. The minimum atomic E-state index is -1.03. The second-order valence-electron chi connectivity index (χ2n) is 8.79. The lowest BCUT2D eigenvalue weighted by Crippen LogP contribution is -2.29. The summed E-state index contributed by atoms with van der Waals surface area (Å²) in [7, 11) is 4.44. The number of methoxy groups -OCH3 is 3. The van der Waals surface area contributed by atoms with Crippen molar-refractivity contribution in [2.24, 2.45) is 0 Å². The number of aliphatic hydroxyl groups excluding tert-OH is 1. The second kappa shape index (κ2) is 10.6. The predicted octanol–water partition coefficient (Wildman–Crippen LogP) is 6.16. The van der Waals surface area contributed by atoms with Gasteiger partial charge in [0.1, 0.15) is 5.76 Å². The first kappa shape index (κ1) is 26.5. The van der Waals surface area contributed by atoms with Gasteiger partial charge in [-0.3, -0.25) is 14.5 Å². The molecular weight excluding hydrogens is 540 g/mol. The average Bonchev–Trinajstić information content (AvgIpc) is 3.49. The molecule has 0 radical (unpaired) electrons. The molecule has 0 bridgehead atoms. The molecule has 1 saturated heterocycles. The number of carbonyl (C=O) groups excluding carboxylic acids is 2. The number of aliphatic hydroxyl groups is 1. The number of thiazole rings is 1. The number of benzene rings is 3. The van der Waals surface area contributed by atoms with E-state index >= 15 is 0 Å². The van der Waals surface area contributed by atoms with Crippen molar-refractivity contribution in [1.29, 1.82) is 0 Å². The normalized spacial score (nSPS) is 16.6. The van der Waals surface area contributed by atoms with E-state index in [2.05, 4.69) is 6.92 Å². The Balaban J connectivity index is 1.77. The molecule has 3 aromatic carbocycles. The number of fused-ring (bicyclic) bond motifs is 1. The SMILES string of the molecule is CCc1ccc2nc(N3C(=O)C(=O)/C(=C(/O)c4ccc(Cl)cc4)C3c3cc(OC)c(OC)c(OC)c3)sc2c1. The van der Waals surface area contributed by atoms with Crippen LogP contribution in [0.5, 0.6) is 17.2 Å². The smallest absolute Gasteiger partial charge is 0.301 e. The molecule has 1 aromatic heterocycles. The van der Waals surface area contributed by atoms with Crippen LogP contribution in [0.15, 0.2) is 60.2 Å². The van der Waals surface area contributed by atoms with Crippen molar-refractivity contribution in [3.8, 4) is 17.2 Å². The summed E-state index contributed by atoms with van der Waals surface area (Å²) in [5.74, 6) is -0.957. The maximum Gasteiger partial charge on any atom is 0.301 e. The summed E-state index contributed by atoms with van der Waals surface area (Å²) in [6.45, 7) is 2.06. The number of carbonyl (C=O) groups is 2. The lowest BCUT2D eigenvalue weighted by Gasteiger charge is -2.24. The minimum Gasteiger partial charge on any atom is -0.507 e. The number of rotatable bonds is 7. The van der Waals surface area contributed by atoms with E-state index in [4.69, 9.17) is 30.8 Å². The number of aryl methyl sites for hydroxylation is 1. The average molecular weight is 565 g/mol. The van der Waals surface area contributed by atoms with Crippen LogP contribution in [0.3, 0.4) is 0 Å². The van der Waals surface area contributed by atoms with E-state index in [1.54, 1.807) is 36.4 Å². The lowest BCUT2D eigenvalue weighted by atomic mass is 9.95. The fourth-order valence-corrected chi connectivity index (χ4v) is 5.83. The van der Waals surface area contributed by atoms with E-state index in [0.717, 1.165) is 16.7 Å². The molecule has 8 nitrogen and oxygen atoms in total. The number of aromatic nitrogens is 1. The summed E-state index contributed by atoms with van der Waals surface area (Å²) in [5.41, 5.74) is 2.55. The zero-order chi connectivity index (χ0) is 27.8. The van der Waals surface area contributed by atoms with Gasteiger partial charge in [-0.15, -0.1) is 0 Å². The first-order valence-electron chi connectivity index (χ1n) is 12.1. The quantitative estimate of drug-likeness (QED) is 0.163. The molecule has 0 saturated carbocycles. The molecular formula is C29H25ClN2O6S. The Morgan fingerprint density at radius 2 is 1.67 bits per heavy atom. The van der Waals surface area contributed by atoms with Crippen LogP contribution < -0.4 is 19.1 Å². The number of ketones is 1. The maximum absolute atomic E-state index is 13.6. The first-order chi connectivity index (χ1) is 18.8. The Morgan fingerprint density at radius 3 is 2.26 bits per heavy atom. The number of Topliss-reactive ketones (excluding diaryl/α,β-unsaturated/α-hetero) is 1. The van der Waals surface area contributed by atoms with Crippen LogP contribution >= 0.6 is 22.9 Å². The number of anilines is 1. The van der Waals surface area contributed by atoms with Crippen LogP contribution in [0, 0.1) is 0 Å². The zero-order valence-electron chi connectivity index (χ0n) is 21.6. The van der Waals surface area contributed by atoms with Gasteiger partial charge in [-0.1, -0.05) is 35.9 Å². The van der Waals surface area contributed by atoms with Gasteiger partial charge < -0.3 is 19.3 Å². The van der Waals surface area contributed by atoms with Crippen molar-refractivity contribution in [1.82, 2.24) is 4.98 Å². The highest BCUT2D eigenvalue weighted by Crippen LogP contribution is 2.48. The van der Waals surface area contributed by atoms with Gasteiger partial charge in [0.05, 0.1) is 43.2 Å². The molecule has 10 heteroatoms. The van der Waals surface area contributed by atoms with Gasteiger partial charge in [0, 0.05) is 10.6 Å². The number of halogens is 1. The van der Waals surface area contributed by atoms with Crippen LogP contribution in [0.2, 0.25) is 5.02 Å². The van der Waals surface area contributed by atoms with Crippen molar-refractivity contribution >= 4 is 55.7 Å². The number of ether oxygens (including phenoxy) is 3. The third-order valence-corrected chi connectivity index (χ3v) is 7.89. The van der Waals surface area contributed by atoms with Gasteiger partial charge in [0.2, 0.25) is 5.75 Å². The fourth-order valence-electron chi connectivity index (χ4n) is 4.65. The van der Waals surface area contributed by atoms with Crippen molar-refractivity contribution in [2.75, 3.05) is 26.2 Å².